The highest BCUT2D eigenvalue weighted by Crippen LogP contribution is 2.15. The van der Waals surface area contributed by atoms with E-state index in [2.05, 4.69) is 10.8 Å². The van der Waals surface area contributed by atoms with Crippen molar-refractivity contribution in [2.24, 2.45) is 0 Å². The first-order valence-electron chi connectivity index (χ1n) is 3.42. The molecule has 3 heteroatoms. The monoisotopic (exact) mass is 181 g/mol. The molecule has 0 aliphatic carbocycles. The van der Waals surface area contributed by atoms with Crippen LogP contribution in [0.5, 0.6) is 0 Å². The summed E-state index contributed by atoms with van der Waals surface area (Å²) in [6, 6.07) is 8.19. The largest absolute Gasteiger partial charge is 0.465 e. The van der Waals surface area contributed by atoms with Crippen molar-refractivity contribution < 1.29 is 9.53 Å². The van der Waals surface area contributed by atoms with E-state index in [9.17, 15) is 4.79 Å². The Kier molecular flexibility index (Phi) is 3.17. The summed E-state index contributed by atoms with van der Waals surface area (Å²) in [5.74, 6) is -0.342. The molecule has 1 aromatic rings. The first-order chi connectivity index (χ1) is 5.77. The van der Waals surface area contributed by atoms with E-state index >= 15 is 0 Å². The van der Waals surface area contributed by atoms with E-state index in [0.29, 0.717) is 5.56 Å². The first kappa shape index (κ1) is 9.13. The fourth-order valence-electron chi connectivity index (χ4n) is 0.800. The average molecular weight is 181 g/mol. The molecule has 0 spiro atoms. The van der Waals surface area contributed by atoms with E-state index in [1.165, 1.54) is 7.11 Å². The molecule has 0 saturated heterocycles. The van der Waals surface area contributed by atoms with Gasteiger partial charge in [-0.1, -0.05) is 6.07 Å². The van der Waals surface area contributed by atoms with Crippen LogP contribution in [0.15, 0.2) is 23.1 Å². The van der Waals surface area contributed by atoms with Gasteiger partial charge in [0.2, 0.25) is 0 Å². The van der Waals surface area contributed by atoms with E-state index in [1.54, 1.807) is 23.9 Å². The van der Waals surface area contributed by atoms with Crippen LogP contribution in [0.25, 0.3) is 0 Å². The SMILES string of the molecule is COC(=O)c1[c]ccc(SC)c1. The molecular formula is C9H9O2S. The number of methoxy groups -OCH3 is 1. The van der Waals surface area contributed by atoms with E-state index in [1.807, 2.05) is 12.3 Å². The minimum atomic E-state index is -0.342. The molecule has 1 rings (SSSR count). The smallest absolute Gasteiger partial charge is 0.338 e. The number of carbonyl (C=O) groups excluding carboxylic acids is 1. The second-order valence-electron chi connectivity index (χ2n) is 2.13. The molecule has 1 aromatic carbocycles. The lowest BCUT2D eigenvalue weighted by Gasteiger charge is -1.99. The minimum absolute atomic E-state index is 0.342. The zero-order chi connectivity index (χ0) is 8.97. The van der Waals surface area contributed by atoms with Crippen LogP contribution in [0.2, 0.25) is 0 Å². The maximum Gasteiger partial charge on any atom is 0.338 e. The number of ether oxygens (including phenoxy) is 1. The topological polar surface area (TPSA) is 26.3 Å². The molecule has 12 heavy (non-hydrogen) atoms. The Morgan fingerprint density at radius 3 is 3.00 bits per heavy atom. The van der Waals surface area contributed by atoms with Gasteiger partial charge in [-0.2, -0.15) is 0 Å². The molecule has 0 aliphatic heterocycles. The van der Waals surface area contributed by atoms with Gasteiger partial charge < -0.3 is 4.74 Å². The second kappa shape index (κ2) is 4.16. The predicted octanol–water partition coefficient (Wildman–Crippen LogP) is 2.00. The van der Waals surface area contributed by atoms with Gasteiger partial charge in [0.25, 0.3) is 0 Å². The van der Waals surface area contributed by atoms with Gasteiger partial charge in [0.15, 0.2) is 0 Å². The van der Waals surface area contributed by atoms with Gasteiger partial charge in [-0.3, -0.25) is 0 Å². The lowest BCUT2D eigenvalue weighted by molar-refractivity contribution is 0.0600. The molecule has 0 aliphatic rings. The van der Waals surface area contributed by atoms with Crippen molar-refractivity contribution in [3.63, 3.8) is 0 Å². The zero-order valence-electron chi connectivity index (χ0n) is 6.96. The molecule has 0 N–H and O–H groups in total. The highest BCUT2D eigenvalue weighted by molar-refractivity contribution is 7.98. The van der Waals surface area contributed by atoms with Crippen molar-refractivity contribution in [1.82, 2.24) is 0 Å². The number of esters is 1. The molecule has 0 bridgehead atoms. The summed E-state index contributed by atoms with van der Waals surface area (Å²) in [5.41, 5.74) is 0.476. The van der Waals surface area contributed by atoms with Crippen LogP contribution in [-0.4, -0.2) is 19.3 Å². The van der Waals surface area contributed by atoms with Crippen molar-refractivity contribution in [3.8, 4) is 0 Å². The Balaban J connectivity index is 2.93. The predicted molar refractivity (Wildman–Crippen MR) is 48.4 cm³/mol. The minimum Gasteiger partial charge on any atom is -0.465 e. The van der Waals surface area contributed by atoms with Crippen molar-refractivity contribution in [2.75, 3.05) is 13.4 Å². The van der Waals surface area contributed by atoms with Crippen LogP contribution in [0, 0.1) is 6.07 Å². The van der Waals surface area contributed by atoms with Crippen LogP contribution in [-0.2, 0) is 4.74 Å². The van der Waals surface area contributed by atoms with E-state index in [0.717, 1.165) is 4.90 Å². The molecule has 1 radical (unpaired) electrons. The van der Waals surface area contributed by atoms with Gasteiger partial charge in [0, 0.05) is 4.90 Å². The number of rotatable bonds is 2. The van der Waals surface area contributed by atoms with Gasteiger partial charge in [-0.15, -0.1) is 11.8 Å². The lowest BCUT2D eigenvalue weighted by atomic mass is 10.2. The summed E-state index contributed by atoms with van der Waals surface area (Å²) in [7, 11) is 1.36. The third kappa shape index (κ3) is 2.01. The maximum absolute atomic E-state index is 11.0. The van der Waals surface area contributed by atoms with Gasteiger partial charge >= 0.3 is 5.97 Å². The summed E-state index contributed by atoms with van der Waals surface area (Å²) in [4.78, 5) is 12.1. The highest BCUT2D eigenvalue weighted by Gasteiger charge is 2.04. The van der Waals surface area contributed by atoms with Crippen molar-refractivity contribution in [1.29, 1.82) is 0 Å². The number of benzene rings is 1. The van der Waals surface area contributed by atoms with Gasteiger partial charge in [0.05, 0.1) is 12.7 Å². The molecule has 0 unspecified atom stereocenters. The summed E-state index contributed by atoms with van der Waals surface area (Å²) in [5, 5.41) is 0. The Morgan fingerprint density at radius 1 is 1.67 bits per heavy atom. The van der Waals surface area contributed by atoms with E-state index in [4.69, 9.17) is 0 Å². The van der Waals surface area contributed by atoms with E-state index < -0.39 is 0 Å². The highest BCUT2D eigenvalue weighted by atomic mass is 32.2. The maximum atomic E-state index is 11.0. The van der Waals surface area contributed by atoms with Crippen LogP contribution >= 0.6 is 11.8 Å². The Labute approximate surface area is 75.9 Å². The fraction of sp³-hybridized carbons (Fsp3) is 0.222. The van der Waals surface area contributed by atoms with Crippen molar-refractivity contribution in [2.45, 2.75) is 4.90 Å². The Morgan fingerprint density at radius 2 is 2.42 bits per heavy atom. The third-order valence-corrected chi connectivity index (χ3v) is 2.14. The fourth-order valence-corrected chi connectivity index (χ4v) is 1.24. The average Bonchev–Trinajstić information content (AvgIpc) is 2.17. The number of hydrogen-bond donors (Lipinski definition) is 0. The van der Waals surface area contributed by atoms with Crippen LogP contribution < -0.4 is 0 Å². The standard InChI is InChI=1S/C9H9O2S/c1-11-9(10)7-4-3-5-8(6-7)12-2/h3,5-6H,1-2H3. The summed E-state index contributed by atoms with van der Waals surface area (Å²) < 4.78 is 4.56. The molecule has 0 aromatic heterocycles. The van der Waals surface area contributed by atoms with Crippen molar-refractivity contribution in [3.05, 3.63) is 29.8 Å². The number of hydrogen-bond acceptors (Lipinski definition) is 3. The van der Waals surface area contributed by atoms with Gasteiger partial charge in [-0.05, 0) is 24.5 Å². The second-order valence-corrected chi connectivity index (χ2v) is 3.01. The van der Waals surface area contributed by atoms with Gasteiger partial charge in [-0.25, -0.2) is 4.79 Å². The molecule has 0 saturated carbocycles. The summed E-state index contributed by atoms with van der Waals surface area (Å²) >= 11 is 1.58. The van der Waals surface area contributed by atoms with Crippen molar-refractivity contribution >= 4 is 17.7 Å². The Bertz CT molecular complexity index is 284. The van der Waals surface area contributed by atoms with Crippen LogP contribution in [0.4, 0.5) is 0 Å². The van der Waals surface area contributed by atoms with Gasteiger partial charge in [0.1, 0.15) is 0 Å². The molecular weight excluding hydrogens is 172 g/mol. The van der Waals surface area contributed by atoms with E-state index in [-0.39, 0.29) is 5.97 Å². The molecule has 2 nitrogen and oxygen atoms in total. The summed E-state index contributed by atoms with van der Waals surface area (Å²) in [6.07, 6.45) is 1.95. The summed E-state index contributed by atoms with van der Waals surface area (Å²) in [6.45, 7) is 0. The molecule has 0 fully saturated rings. The molecule has 0 amide bonds. The quantitative estimate of drug-likeness (QED) is 0.515. The molecule has 0 heterocycles. The number of carbonyl (C=O) groups is 1. The normalized spacial score (nSPS) is 9.50. The molecule has 63 valence electrons. The third-order valence-electron chi connectivity index (χ3n) is 1.41. The Hall–Kier alpha value is -0.960. The first-order valence-corrected chi connectivity index (χ1v) is 4.64. The van der Waals surface area contributed by atoms with Crippen LogP contribution in [0.3, 0.4) is 0 Å². The van der Waals surface area contributed by atoms with Crippen LogP contribution in [0.1, 0.15) is 10.4 Å². The molecule has 0 atom stereocenters. The lowest BCUT2D eigenvalue weighted by Crippen LogP contribution is -2.00. The number of thioether (sulfide) groups is 1. The zero-order valence-corrected chi connectivity index (χ0v) is 7.77.